The Labute approximate surface area is 100 Å². The monoisotopic (exact) mass is 239 g/mol. The Morgan fingerprint density at radius 1 is 1.53 bits per heavy atom. The van der Waals surface area contributed by atoms with E-state index >= 15 is 0 Å². The molecule has 0 saturated heterocycles. The average molecular weight is 239 g/mol. The van der Waals surface area contributed by atoms with E-state index in [1.54, 1.807) is 6.07 Å². The van der Waals surface area contributed by atoms with E-state index in [9.17, 15) is 9.90 Å². The number of aromatic hydroxyl groups is 1. The summed E-state index contributed by atoms with van der Waals surface area (Å²) >= 11 is 0. The highest BCUT2D eigenvalue weighted by Crippen LogP contribution is 2.40. The van der Waals surface area contributed by atoms with Gasteiger partial charge >= 0.3 is 6.09 Å². The molecule has 1 heterocycles. The molecular formula is C12H17NO4. The van der Waals surface area contributed by atoms with Gasteiger partial charge in [-0.05, 0) is 19.9 Å². The highest BCUT2D eigenvalue weighted by Gasteiger charge is 2.31. The number of carbonyl (C=O) groups is 1. The number of benzene rings is 1. The van der Waals surface area contributed by atoms with E-state index in [1.807, 2.05) is 26.0 Å². The van der Waals surface area contributed by atoms with Crippen LogP contribution in [0, 0.1) is 0 Å². The van der Waals surface area contributed by atoms with E-state index in [0.29, 0.717) is 5.75 Å². The summed E-state index contributed by atoms with van der Waals surface area (Å²) in [7, 11) is 1.22. The molecule has 5 heteroatoms. The zero-order valence-corrected chi connectivity index (χ0v) is 10.2. The quantitative estimate of drug-likeness (QED) is 0.723. The SMILES string of the molecule is CC1(C)Cc2cccc(O)c2O1.COC(N)=O. The first-order chi connectivity index (χ1) is 7.85. The topological polar surface area (TPSA) is 81.8 Å². The van der Waals surface area contributed by atoms with E-state index in [4.69, 9.17) is 4.74 Å². The van der Waals surface area contributed by atoms with Gasteiger partial charge < -0.3 is 20.3 Å². The minimum Gasteiger partial charge on any atom is -0.504 e. The lowest BCUT2D eigenvalue weighted by atomic mass is 10.0. The number of methoxy groups -OCH3 is 1. The van der Waals surface area contributed by atoms with Crippen LogP contribution in [0.3, 0.4) is 0 Å². The van der Waals surface area contributed by atoms with Crippen molar-refractivity contribution in [3.8, 4) is 11.5 Å². The number of hydrogen-bond acceptors (Lipinski definition) is 4. The molecule has 5 nitrogen and oxygen atoms in total. The van der Waals surface area contributed by atoms with Crippen LogP contribution in [0.5, 0.6) is 11.5 Å². The molecular weight excluding hydrogens is 222 g/mol. The van der Waals surface area contributed by atoms with Gasteiger partial charge in [0.15, 0.2) is 11.5 Å². The molecule has 0 aliphatic carbocycles. The second kappa shape index (κ2) is 4.95. The second-order valence-electron chi connectivity index (χ2n) is 4.33. The van der Waals surface area contributed by atoms with Crippen molar-refractivity contribution in [2.75, 3.05) is 7.11 Å². The molecule has 0 atom stereocenters. The van der Waals surface area contributed by atoms with Gasteiger partial charge in [-0.2, -0.15) is 0 Å². The standard InChI is InChI=1S/C10H12O2.C2H5NO2/c1-10(2)6-7-4-3-5-8(11)9(7)12-10;1-5-2(3)4/h3-5,11H,6H2,1-2H3;1H3,(H2,3,4). The first-order valence-corrected chi connectivity index (χ1v) is 5.19. The molecule has 0 bridgehead atoms. The Morgan fingerprint density at radius 2 is 2.12 bits per heavy atom. The Hall–Kier alpha value is -1.91. The first kappa shape index (κ1) is 13.2. The van der Waals surface area contributed by atoms with Crippen molar-refractivity contribution in [1.82, 2.24) is 0 Å². The van der Waals surface area contributed by atoms with Gasteiger partial charge in [-0.3, -0.25) is 0 Å². The molecule has 1 aliphatic rings. The van der Waals surface area contributed by atoms with Crippen molar-refractivity contribution in [2.24, 2.45) is 5.73 Å². The number of fused-ring (bicyclic) bond motifs is 1. The average Bonchev–Trinajstić information content (AvgIpc) is 2.55. The highest BCUT2D eigenvalue weighted by molar-refractivity contribution is 5.64. The maximum Gasteiger partial charge on any atom is 0.404 e. The molecule has 1 aromatic carbocycles. The van der Waals surface area contributed by atoms with Gasteiger partial charge in [-0.25, -0.2) is 4.79 Å². The molecule has 0 saturated carbocycles. The van der Waals surface area contributed by atoms with E-state index in [2.05, 4.69) is 10.5 Å². The zero-order valence-electron chi connectivity index (χ0n) is 10.2. The van der Waals surface area contributed by atoms with E-state index in [1.165, 1.54) is 7.11 Å². The largest absolute Gasteiger partial charge is 0.504 e. The van der Waals surface area contributed by atoms with Gasteiger partial charge in [-0.15, -0.1) is 0 Å². The van der Waals surface area contributed by atoms with Crippen molar-refractivity contribution in [3.63, 3.8) is 0 Å². The summed E-state index contributed by atoms with van der Waals surface area (Å²) in [6.07, 6.45) is 0.126. The van der Waals surface area contributed by atoms with Crippen LogP contribution in [-0.2, 0) is 11.2 Å². The van der Waals surface area contributed by atoms with Crippen LogP contribution in [0.15, 0.2) is 18.2 Å². The van der Waals surface area contributed by atoms with Gasteiger partial charge in [0.05, 0.1) is 7.11 Å². The minimum absolute atomic E-state index is 0.166. The molecule has 94 valence electrons. The molecule has 1 amide bonds. The fourth-order valence-corrected chi connectivity index (χ4v) is 1.60. The number of nitrogens with two attached hydrogens (primary N) is 1. The minimum atomic E-state index is -0.745. The number of ether oxygens (including phenoxy) is 2. The number of primary amides is 1. The first-order valence-electron chi connectivity index (χ1n) is 5.19. The summed E-state index contributed by atoms with van der Waals surface area (Å²) in [5.41, 5.74) is 5.36. The van der Waals surface area contributed by atoms with E-state index in [-0.39, 0.29) is 11.4 Å². The second-order valence-corrected chi connectivity index (χ2v) is 4.33. The van der Waals surface area contributed by atoms with Gasteiger partial charge in [0.2, 0.25) is 0 Å². The predicted octanol–water partition coefficient (Wildman–Crippen LogP) is 1.82. The third-order valence-corrected chi connectivity index (χ3v) is 2.27. The summed E-state index contributed by atoms with van der Waals surface area (Å²) in [5.74, 6) is 0.903. The van der Waals surface area contributed by atoms with Gasteiger partial charge in [-0.1, -0.05) is 12.1 Å². The molecule has 0 radical (unpaired) electrons. The number of carbonyl (C=O) groups excluding carboxylic acids is 1. The summed E-state index contributed by atoms with van der Waals surface area (Å²) in [4.78, 5) is 9.37. The molecule has 2 rings (SSSR count). The van der Waals surface area contributed by atoms with Crippen LogP contribution in [0.1, 0.15) is 19.4 Å². The van der Waals surface area contributed by atoms with Crippen LogP contribution >= 0.6 is 0 Å². The molecule has 0 fully saturated rings. The zero-order chi connectivity index (χ0) is 13.1. The van der Waals surface area contributed by atoms with Crippen molar-refractivity contribution in [3.05, 3.63) is 23.8 Å². The smallest absolute Gasteiger partial charge is 0.404 e. The van der Waals surface area contributed by atoms with Gasteiger partial charge in [0.1, 0.15) is 5.60 Å². The lowest BCUT2D eigenvalue weighted by molar-refractivity contribution is 0.134. The number of para-hydroxylation sites is 1. The molecule has 0 aromatic heterocycles. The van der Waals surface area contributed by atoms with Crippen molar-refractivity contribution in [2.45, 2.75) is 25.9 Å². The molecule has 1 aliphatic heterocycles. The van der Waals surface area contributed by atoms with Crippen molar-refractivity contribution < 1.29 is 19.4 Å². The molecule has 1 aromatic rings. The summed E-state index contributed by atoms with van der Waals surface area (Å²) in [6.45, 7) is 4.04. The lowest BCUT2D eigenvalue weighted by Crippen LogP contribution is -2.24. The number of amides is 1. The summed E-state index contributed by atoms with van der Waals surface area (Å²) < 4.78 is 9.46. The van der Waals surface area contributed by atoms with Crippen LogP contribution in [0.4, 0.5) is 4.79 Å². The van der Waals surface area contributed by atoms with Crippen LogP contribution in [0.2, 0.25) is 0 Å². The molecule has 3 N–H and O–H groups in total. The molecule has 17 heavy (non-hydrogen) atoms. The Bertz CT molecular complexity index is 415. The summed E-state index contributed by atoms with van der Waals surface area (Å²) in [6, 6.07) is 5.49. The number of phenols is 1. The van der Waals surface area contributed by atoms with Crippen molar-refractivity contribution in [1.29, 1.82) is 0 Å². The normalized spacial score (nSPS) is 15.0. The Kier molecular flexibility index (Phi) is 3.83. The third-order valence-electron chi connectivity index (χ3n) is 2.27. The molecule has 0 spiro atoms. The number of hydrogen-bond donors (Lipinski definition) is 2. The van der Waals surface area contributed by atoms with Gasteiger partial charge in [0.25, 0.3) is 0 Å². The third kappa shape index (κ3) is 3.55. The van der Waals surface area contributed by atoms with Crippen LogP contribution in [0.25, 0.3) is 0 Å². The Morgan fingerprint density at radius 3 is 2.59 bits per heavy atom. The molecule has 0 unspecified atom stereocenters. The van der Waals surface area contributed by atoms with E-state index < -0.39 is 6.09 Å². The van der Waals surface area contributed by atoms with Gasteiger partial charge in [0, 0.05) is 12.0 Å². The lowest BCUT2D eigenvalue weighted by Gasteiger charge is -2.16. The van der Waals surface area contributed by atoms with Crippen molar-refractivity contribution >= 4 is 6.09 Å². The predicted molar refractivity (Wildman–Crippen MR) is 63.1 cm³/mol. The van der Waals surface area contributed by atoms with Crippen LogP contribution < -0.4 is 10.5 Å². The fraction of sp³-hybridized carbons (Fsp3) is 0.417. The number of rotatable bonds is 0. The highest BCUT2D eigenvalue weighted by atomic mass is 16.5. The maximum atomic E-state index is 9.44. The van der Waals surface area contributed by atoms with Crippen LogP contribution in [-0.4, -0.2) is 23.9 Å². The summed E-state index contributed by atoms with van der Waals surface area (Å²) in [5, 5.41) is 9.44. The maximum absolute atomic E-state index is 9.44. The fourth-order valence-electron chi connectivity index (χ4n) is 1.60. The Balaban J connectivity index is 0.000000249. The number of phenolic OH excluding ortho intramolecular Hbond substituents is 1. The van der Waals surface area contributed by atoms with E-state index in [0.717, 1.165) is 12.0 Å².